The van der Waals surface area contributed by atoms with Crippen LogP contribution in [0.2, 0.25) is 0 Å². The van der Waals surface area contributed by atoms with Gasteiger partial charge in [-0.15, -0.1) is 0 Å². The van der Waals surface area contributed by atoms with Crippen LogP contribution in [0.1, 0.15) is 206 Å². The molecule has 0 bridgehead atoms. The third-order valence-electron chi connectivity index (χ3n) is 8.72. The molecular weight excluding hydrogens is 572 g/mol. The van der Waals surface area contributed by atoms with Gasteiger partial charge in [0.2, 0.25) is 0 Å². The number of carbonyl (C=O) groups excluding carboxylic acids is 2. The van der Waals surface area contributed by atoms with Gasteiger partial charge in [-0.25, -0.2) is 0 Å². The van der Waals surface area contributed by atoms with Crippen LogP contribution in [0.4, 0.5) is 0 Å². The van der Waals surface area contributed by atoms with Crippen LogP contribution >= 0.6 is 0 Å². The third-order valence-corrected chi connectivity index (χ3v) is 8.72. The number of rotatable bonds is 36. The van der Waals surface area contributed by atoms with Crippen LogP contribution in [-0.2, 0) is 19.1 Å². The number of allylic oxidation sites excluding steroid dienone is 4. The molecule has 5 heteroatoms. The van der Waals surface area contributed by atoms with E-state index in [1.807, 2.05) is 0 Å². The zero-order chi connectivity index (χ0) is 33.6. The Morgan fingerprint density at radius 1 is 0.478 bits per heavy atom. The van der Waals surface area contributed by atoms with Crippen molar-refractivity contribution in [2.24, 2.45) is 0 Å². The minimum atomic E-state index is -0.770. The summed E-state index contributed by atoms with van der Waals surface area (Å²) in [5, 5.41) is 9.54. The van der Waals surface area contributed by atoms with Crippen molar-refractivity contribution >= 4 is 11.9 Å². The summed E-state index contributed by atoms with van der Waals surface area (Å²) in [6.07, 6.45) is 43.9. The maximum atomic E-state index is 12.2. The number of esters is 2. The Bertz CT molecular complexity index is 701. The number of aliphatic hydroxyl groups excluding tert-OH is 1. The highest BCUT2D eigenvalue weighted by atomic mass is 16.6. The first-order chi connectivity index (χ1) is 22.6. The predicted octanol–water partition coefficient (Wildman–Crippen LogP) is 12.3. The van der Waals surface area contributed by atoms with Crippen LogP contribution in [0.25, 0.3) is 0 Å². The number of carbonyl (C=O) groups is 2. The van der Waals surface area contributed by atoms with Crippen LogP contribution in [0.15, 0.2) is 24.3 Å². The van der Waals surface area contributed by atoms with Crippen molar-refractivity contribution in [2.45, 2.75) is 213 Å². The summed E-state index contributed by atoms with van der Waals surface area (Å²) in [7, 11) is 0. The van der Waals surface area contributed by atoms with E-state index in [0.717, 1.165) is 44.9 Å². The molecule has 0 aromatic carbocycles. The molecule has 46 heavy (non-hydrogen) atoms. The van der Waals surface area contributed by atoms with E-state index in [9.17, 15) is 14.7 Å². The Balaban J connectivity index is 3.50. The predicted molar refractivity (Wildman–Crippen MR) is 196 cm³/mol. The number of unbranched alkanes of at least 4 members (excludes halogenated alkanes) is 24. The summed E-state index contributed by atoms with van der Waals surface area (Å²) in [6.45, 7) is 4.09. The zero-order valence-electron chi connectivity index (χ0n) is 30.6. The zero-order valence-corrected chi connectivity index (χ0v) is 30.6. The van der Waals surface area contributed by atoms with Gasteiger partial charge in [0.1, 0.15) is 6.61 Å². The molecule has 0 amide bonds. The van der Waals surface area contributed by atoms with Crippen LogP contribution in [-0.4, -0.2) is 36.4 Å². The average molecular weight is 649 g/mol. The summed E-state index contributed by atoms with van der Waals surface area (Å²) in [6, 6.07) is 0. The topological polar surface area (TPSA) is 72.8 Å². The van der Waals surface area contributed by atoms with Gasteiger partial charge in [0.15, 0.2) is 6.10 Å². The van der Waals surface area contributed by atoms with E-state index < -0.39 is 6.10 Å². The van der Waals surface area contributed by atoms with Gasteiger partial charge in [-0.2, -0.15) is 0 Å². The fourth-order valence-electron chi connectivity index (χ4n) is 5.65. The van der Waals surface area contributed by atoms with E-state index in [-0.39, 0.29) is 25.2 Å². The number of ether oxygens (including phenoxy) is 2. The molecule has 1 N–H and O–H groups in total. The van der Waals surface area contributed by atoms with Gasteiger partial charge in [-0.05, 0) is 57.8 Å². The molecule has 0 saturated heterocycles. The summed E-state index contributed by atoms with van der Waals surface area (Å²) < 4.78 is 10.6. The highest BCUT2D eigenvalue weighted by Crippen LogP contribution is 2.14. The largest absolute Gasteiger partial charge is 0.462 e. The standard InChI is InChI=1S/C41H76O5/c1-3-5-7-9-11-13-15-16-17-18-19-20-21-22-23-24-26-28-30-32-34-36-41(44)46-39(37-42)38-45-40(43)35-33-31-29-27-25-14-12-10-8-6-4-2/h10,12,16-17,39,42H,3-9,11,13-15,18-38H2,1-2H3. The summed E-state index contributed by atoms with van der Waals surface area (Å²) >= 11 is 0. The number of aliphatic hydroxyl groups is 1. The number of hydrogen-bond acceptors (Lipinski definition) is 5. The number of hydrogen-bond donors (Lipinski definition) is 1. The Morgan fingerprint density at radius 2 is 0.826 bits per heavy atom. The summed E-state index contributed by atoms with van der Waals surface area (Å²) in [5.74, 6) is -0.598. The van der Waals surface area contributed by atoms with Crippen LogP contribution in [0.5, 0.6) is 0 Å². The van der Waals surface area contributed by atoms with Gasteiger partial charge in [-0.3, -0.25) is 9.59 Å². The van der Waals surface area contributed by atoms with Crippen LogP contribution in [0, 0.1) is 0 Å². The molecule has 0 aromatic rings. The van der Waals surface area contributed by atoms with Crippen molar-refractivity contribution in [1.29, 1.82) is 0 Å². The molecule has 1 unspecified atom stereocenters. The maximum Gasteiger partial charge on any atom is 0.306 e. The lowest BCUT2D eigenvalue weighted by Gasteiger charge is -2.15. The maximum absolute atomic E-state index is 12.2. The Kier molecular flexibility index (Phi) is 36.5. The highest BCUT2D eigenvalue weighted by molar-refractivity contribution is 5.70. The third kappa shape index (κ3) is 35.2. The fraction of sp³-hybridized carbons (Fsp3) is 0.854. The molecule has 0 saturated carbocycles. The normalized spacial score (nSPS) is 12.3. The second-order valence-corrected chi connectivity index (χ2v) is 13.4. The lowest BCUT2D eigenvalue weighted by atomic mass is 10.0. The molecule has 5 nitrogen and oxygen atoms in total. The molecule has 1 atom stereocenters. The molecule has 0 aromatic heterocycles. The minimum Gasteiger partial charge on any atom is -0.462 e. The van der Waals surface area contributed by atoms with E-state index in [2.05, 4.69) is 38.2 Å². The van der Waals surface area contributed by atoms with Crippen molar-refractivity contribution < 1.29 is 24.2 Å². The van der Waals surface area contributed by atoms with Crippen molar-refractivity contribution in [2.75, 3.05) is 13.2 Å². The minimum absolute atomic E-state index is 0.0677. The molecule has 0 heterocycles. The highest BCUT2D eigenvalue weighted by Gasteiger charge is 2.16. The molecule has 270 valence electrons. The van der Waals surface area contributed by atoms with E-state index in [1.54, 1.807) is 0 Å². The first-order valence-corrected chi connectivity index (χ1v) is 19.9. The SMILES string of the molecule is CCCCC=CCCCCCCCC(=O)OCC(CO)OC(=O)CCCCCCCCCCCCCC=CCCCCCCCC. The second-order valence-electron chi connectivity index (χ2n) is 13.4. The van der Waals surface area contributed by atoms with Gasteiger partial charge in [-0.1, -0.05) is 160 Å². The first-order valence-electron chi connectivity index (χ1n) is 19.9. The van der Waals surface area contributed by atoms with E-state index >= 15 is 0 Å². The first kappa shape index (κ1) is 44.4. The van der Waals surface area contributed by atoms with Gasteiger partial charge in [0.25, 0.3) is 0 Å². The molecular formula is C41H76O5. The molecule has 0 rings (SSSR count). The van der Waals surface area contributed by atoms with Gasteiger partial charge in [0, 0.05) is 12.8 Å². The molecule has 0 radical (unpaired) electrons. The molecule has 0 spiro atoms. The molecule has 0 aliphatic carbocycles. The molecule has 0 aliphatic rings. The summed E-state index contributed by atoms with van der Waals surface area (Å²) in [5.41, 5.74) is 0. The van der Waals surface area contributed by atoms with Crippen molar-refractivity contribution in [3.8, 4) is 0 Å². The Labute approximate surface area is 285 Å². The van der Waals surface area contributed by atoms with E-state index in [1.165, 1.54) is 135 Å². The molecule has 0 aliphatic heterocycles. The molecule has 0 fully saturated rings. The van der Waals surface area contributed by atoms with Crippen LogP contribution < -0.4 is 0 Å². The van der Waals surface area contributed by atoms with E-state index in [0.29, 0.717) is 12.8 Å². The van der Waals surface area contributed by atoms with Gasteiger partial charge in [0.05, 0.1) is 6.61 Å². The van der Waals surface area contributed by atoms with Crippen molar-refractivity contribution in [1.82, 2.24) is 0 Å². The van der Waals surface area contributed by atoms with E-state index in [4.69, 9.17) is 9.47 Å². The van der Waals surface area contributed by atoms with Crippen molar-refractivity contribution in [3.05, 3.63) is 24.3 Å². The summed E-state index contributed by atoms with van der Waals surface area (Å²) in [4.78, 5) is 24.2. The smallest absolute Gasteiger partial charge is 0.306 e. The van der Waals surface area contributed by atoms with Gasteiger partial charge < -0.3 is 14.6 Å². The Hall–Kier alpha value is -1.62. The second kappa shape index (κ2) is 37.8. The quantitative estimate of drug-likeness (QED) is 0.0416. The fourth-order valence-corrected chi connectivity index (χ4v) is 5.65. The monoisotopic (exact) mass is 649 g/mol. The lowest BCUT2D eigenvalue weighted by molar-refractivity contribution is -0.161. The average Bonchev–Trinajstić information content (AvgIpc) is 3.06. The van der Waals surface area contributed by atoms with Crippen molar-refractivity contribution in [3.63, 3.8) is 0 Å². The lowest BCUT2D eigenvalue weighted by Crippen LogP contribution is -2.28. The van der Waals surface area contributed by atoms with Crippen LogP contribution in [0.3, 0.4) is 0 Å². The van der Waals surface area contributed by atoms with Gasteiger partial charge >= 0.3 is 11.9 Å². The Morgan fingerprint density at radius 3 is 1.24 bits per heavy atom.